The van der Waals surface area contributed by atoms with Crippen LogP contribution in [-0.2, 0) is 20.9 Å². The summed E-state index contributed by atoms with van der Waals surface area (Å²) in [6.07, 6.45) is -0.828. The summed E-state index contributed by atoms with van der Waals surface area (Å²) in [6, 6.07) is 7.84. The van der Waals surface area contributed by atoms with Crippen LogP contribution in [0, 0.1) is 5.41 Å². The van der Waals surface area contributed by atoms with Crippen LogP contribution in [0.4, 0.5) is 4.79 Å². The van der Waals surface area contributed by atoms with Crippen LogP contribution < -0.4 is 5.32 Å². The van der Waals surface area contributed by atoms with Gasteiger partial charge in [-0.15, -0.1) is 0 Å². The molecular weight excluding hydrogens is 302 g/mol. The number of hydrogen-bond donors (Lipinski definition) is 3. The van der Waals surface area contributed by atoms with Gasteiger partial charge in [-0.3, -0.25) is 0 Å². The van der Waals surface area contributed by atoms with Crippen molar-refractivity contribution in [3.05, 3.63) is 35.9 Å². The molecule has 0 saturated carbocycles. The number of carboxylic acid groups (broad SMARTS) is 1. The fourth-order valence-corrected chi connectivity index (χ4v) is 1.58. The molecule has 0 spiro atoms. The van der Waals surface area contributed by atoms with Crippen molar-refractivity contribution in [2.45, 2.75) is 26.5 Å². The normalized spacial score (nSPS) is 12.5. The molecule has 1 atom stereocenters. The summed E-state index contributed by atoms with van der Waals surface area (Å²) in [5.74, 6) is -1.22. The summed E-state index contributed by atoms with van der Waals surface area (Å²) in [5.41, 5.74) is 0.326. The van der Waals surface area contributed by atoms with Crippen molar-refractivity contribution >= 4 is 12.1 Å². The highest BCUT2D eigenvalue weighted by Crippen LogP contribution is 2.13. The molecule has 0 aromatic heterocycles. The number of carboxylic acids is 1. The summed E-state index contributed by atoms with van der Waals surface area (Å²) >= 11 is 0. The zero-order valence-corrected chi connectivity index (χ0v) is 13.3. The number of amides is 1. The number of alkyl carbamates (subject to hydrolysis) is 1. The summed E-state index contributed by atoms with van der Waals surface area (Å²) in [6.45, 7) is 3.50. The van der Waals surface area contributed by atoms with Crippen molar-refractivity contribution in [1.82, 2.24) is 5.32 Å². The van der Waals surface area contributed by atoms with Crippen LogP contribution >= 0.6 is 0 Å². The van der Waals surface area contributed by atoms with Crippen molar-refractivity contribution in [3.8, 4) is 0 Å². The third-order valence-corrected chi connectivity index (χ3v) is 3.01. The van der Waals surface area contributed by atoms with Gasteiger partial charge < -0.3 is 25.0 Å². The molecule has 0 aliphatic carbocycles. The minimum atomic E-state index is -1.22. The van der Waals surface area contributed by atoms with E-state index in [0.717, 1.165) is 5.56 Å². The summed E-state index contributed by atoms with van der Waals surface area (Å²) in [4.78, 5) is 22.8. The predicted molar refractivity (Wildman–Crippen MR) is 82.9 cm³/mol. The third-order valence-electron chi connectivity index (χ3n) is 3.01. The lowest BCUT2D eigenvalue weighted by molar-refractivity contribution is -0.141. The number of hydrogen-bond acceptors (Lipinski definition) is 5. The first-order chi connectivity index (χ1) is 10.8. The van der Waals surface area contributed by atoms with Gasteiger partial charge in [-0.1, -0.05) is 44.2 Å². The van der Waals surface area contributed by atoms with Crippen LogP contribution in [0.15, 0.2) is 30.3 Å². The first kappa shape index (κ1) is 18.9. The molecule has 128 valence electrons. The number of benzene rings is 1. The second-order valence-corrected chi connectivity index (χ2v) is 5.93. The molecule has 1 unspecified atom stereocenters. The number of ether oxygens (including phenoxy) is 2. The van der Waals surface area contributed by atoms with Gasteiger partial charge in [0.15, 0.2) is 6.04 Å². The zero-order chi connectivity index (χ0) is 17.3. The van der Waals surface area contributed by atoms with Gasteiger partial charge in [0.1, 0.15) is 6.61 Å². The van der Waals surface area contributed by atoms with E-state index in [9.17, 15) is 9.59 Å². The monoisotopic (exact) mass is 325 g/mol. The molecule has 0 heterocycles. The molecule has 0 saturated heterocycles. The molecule has 0 aliphatic heterocycles. The van der Waals surface area contributed by atoms with Gasteiger partial charge in [0.2, 0.25) is 0 Å². The lowest BCUT2D eigenvalue weighted by Crippen LogP contribution is -2.44. The molecule has 0 aliphatic rings. The van der Waals surface area contributed by atoms with E-state index in [-0.39, 0.29) is 26.4 Å². The molecule has 0 bridgehead atoms. The maximum Gasteiger partial charge on any atom is 0.408 e. The van der Waals surface area contributed by atoms with Crippen molar-refractivity contribution in [3.63, 3.8) is 0 Å². The van der Waals surface area contributed by atoms with E-state index in [2.05, 4.69) is 5.32 Å². The first-order valence-electron chi connectivity index (χ1n) is 7.23. The molecule has 3 N–H and O–H groups in total. The van der Waals surface area contributed by atoms with E-state index in [1.165, 1.54) is 0 Å². The van der Waals surface area contributed by atoms with E-state index in [0.29, 0.717) is 0 Å². The minimum absolute atomic E-state index is 0.0530. The van der Waals surface area contributed by atoms with E-state index in [1.807, 2.05) is 18.2 Å². The van der Waals surface area contributed by atoms with Gasteiger partial charge in [0, 0.05) is 5.41 Å². The Labute approximate surface area is 135 Å². The van der Waals surface area contributed by atoms with E-state index >= 15 is 0 Å². The van der Waals surface area contributed by atoms with Gasteiger partial charge in [0.25, 0.3) is 0 Å². The minimum Gasteiger partial charge on any atom is -0.480 e. The number of carbonyl (C=O) groups excluding carboxylic acids is 1. The van der Waals surface area contributed by atoms with Gasteiger partial charge in [0.05, 0.1) is 19.8 Å². The Morgan fingerprint density at radius 1 is 1.26 bits per heavy atom. The maximum absolute atomic E-state index is 11.7. The number of nitrogens with one attached hydrogen (secondary N) is 1. The highest BCUT2D eigenvalue weighted by molar-refractivity contribution is 5.80. The zero-order valence-electron chi connectivity index (χ0n) is 13.3. The Bertz CT molecular complexity index is 503. The second-order valence-electron chi connectivity index (χ2n) is 5.93. The SMILES string of the molecule is CC(C)(CO)COCC(NC(=O)OCc1ccccc1)C(=O)O. The van der Waals surface area contributed by atoms with Crippen LogP contribution in [-0.4, -0.2) is 48.1 Å². The Morgan fingerprint density at radius 2 is 1.91 bits per heavy atom. The van der Waals surface area contributed by atoms with Crippen LogP contribution in [0.1, 0.15) is 19.4 Å². The van der Waals surface area contributed by atoms with Gasteiger partial charge >= 0.3 is 12.1 Å². The van der Waals surface area contributed by atoms with Gasteiger partial charge in [-0.25, -0.2) is 9.59 Å². The Balaban J connectivity index is 2.39. The van der Waals surface area contributed by atoms with Gasteiger partial charge in [-0.05, 0) is 5.56 Å². The number of aliphatic hydroxyl groups excluding tert-OH is 1. The van der Waals surface area contributed by atoms with Crippen LogP contribution in [0.3, 0.4) is 0 Å². The summed E-state index contributed by atoms with van der Waals surface area (Å²) in [5, 5.41) is 20.4. The second kappa shape index (κ2) is 9.12. The average molecular weight is 325 g/mol. The van der Waals surface area contributed by atoms with E-state index in [4.69, 9.17) is 19.7 Å². The smallest absolute Gasteiger partial charge is 0.408 e. The third kappa shape index (κ3) is 7.62. The summed E-state index contributed by atoms with van der Waals surface area (Å²) < 4.78 is 10.2. The highest BCUT2D eigenvalue weighted by atomic mass is 16.5. The van der Waals surface area contributed by atoms with Crippen LogP contribution in [0.5, 0.6) is 0 Å². The largest absolute Gasteiger partial charge is 0.480 e. The Kier molecular flexibility index (Phi) is 7.50. The lowest BCUT2D eigenvalue weighted by Gasteiger charge is -2.22. The maximum atomic E-state index is 11.7. The van der Waals surface area contributed by atoms with E-state index in [1.54, 1.807) is 26.0 Å². The Hall–Kier alpha value is -2.12. The molecule has 1 aromatic rings. The first-order valence-corrected chi connectivity index (χ1v) is 7.23. The van der Waals surface area contributed by atoms with Crippen molar-refractivity contribution in [2.75, 3.05) is 19.8 Å². The van der Waals surface area contributed by atoms with Crippen molar-refractivity contribution in [2.24, 2.45) is 5.41 Å². The molecule has 7 heteroatoms. The topological polar surface area (TPSA) is 105 Å². The Morgan fingerprint density at radius 3 is 2.48 bits per heavy atom. The predicted octanol–water partition coefficient (Wildman–Crippen LogP) is 1.40. The van der Waals surface area contributed by atoms with E-state index < -0.39 is 23.5 Å². The van der Waals surface area contributed by atoms with Crippen molar-refractivity contribution < 1.29 is 29.3 Å². The standard InChI is InChI=1S/C16H23NO6/c1-16(2,10-18)11-22-9-13(14(19)20)17-15(21)23-8-12-6-4-3-5-7-12/h3-7,13,18H,8-11H2,1-2H3,(H,17,21)(H,19,20). The number of aliphatic carboxylic acids is 1. The molecule has 0 fully saturated rings. The molecular formula is C16H23NO6. The number of carbonyl (C=O) groups is 2. The fourth-order valence-electron chi connectivity index (χ4n) is 1.58. The van der Waals surface area contributed by atoms with Gasteiger partial charge in [-0.2, -0.15) is 0 Å². The fraction of sp³-hybridized carbons (Fsp3) is 0.500. The quantitative estimate of drug-likeness (QED) is 0.634. The highest BCUT2D eigenvalue weighted by Gasteiger charge is 2.23. The lowest BCUT2D eigenvalue weighted by atomic mass is 9.97. The molecule has 1 rings (SSSR count). The van der Waals surface area contributed by atoms with Crippen LogP contribution in [0.25, 0.3) is 0 Å². The molecule has 1 aromatic carbocycles. The van der Waals surface area contributed by atoms with Crippen LogP contribution in [0.2, 0.25) is 0 Å². The number of rotatable bonds is 9. The number of aliphatic hydroxyl groups is 1. The van der Waals surface area contributed by atoms with Crippen molar-refractivity contribution in [1.29, 1.82) is 0 Å². The average Bonchev–Trinajstić information content (AvgIpc) is 2.52. The molecule has 1 amide bonds. The molecule has 7 nitrogen and oxygen atoms in total. The molecule has 0 radical (unpaired) electrons. The summed E-state index contributed by atoms with van der Waals surface area (Å²) in [7, 11) is 0. The molecule has 23 heavy (non-hydrogen) atoms.